The summed E-state index contributed by atoms with van der Waals surface area (Å²) in [5, 5.41) is 0. The van der Waals surface area contributed by atoms with Crippen molar-refractivity contribution in [3.05, 3.63) is 56.8 Å². The lowest BCUT2D eigenvalue weighted by atomic mass is 9.87. The van der Waals surface area contributed by atoms with Gasteiger partial charge in [0.25, 0.3) is 0 Å². The van der Waals surface area contributed by atoms with Crippen molar-refractivity contribution in [2.75, 3.05) is 19.8 Å². The number of hydrogen-bond donors (Lipinski definition) is 1. The standard InChI is InChI=1S/C21H16F3I6NO6S/c1-2-20(7-31-38(34,35)21(22,23)24,8-36-18(32)12-3-10(25)5-14(27)16(12)29)9-37-19(33)13-4-11(26)6-15(28)17(13)30/h3-6,31H,2,7-9H2,1H3. The molecule has 0 heterocycles. The van der Waals surface area contributed by atoms with Crippen LogP contribution >= 0.6 is 136 Å². The highest BCUT2D eigenvalue weighted by molar-refractivity contribution is 14.1. The molecule has 0 spiro atoms. The predicted octanol–water partition coefficient (Wildman–Crippen LogP) is 7.16. The Morgan fingerprint density at radius 1 is 0.816 bits per heavy atom. The van der Waals surface area contributed by atoms with Crippen molar-refractivity contribution in [2.45, 2.75) is 18.9 Å². The number of alkyl halides is 3. The third-order valence-electron chi connectivity index (χ3n) is 5.14. The summed E-state index contributed by atoms with van der Waals surface area (Å²) in [4.78, 5) is 25.8. The lowest BCUT2D eigenvalue weighted by molar-refractivity contribution is -0.0460. The maximum Gasteiger partial charge on any atom is 0.511 e. The quantitative estimate of drug-likeness (QED) is 0.154. The van der Waals surface area contributed by atoms with Crippen molar-refractivity contribution in [3.63, 3.8) is 0 Å². The van der Waals surface area contributed by atoms with E-state index in [9.17, 15) is 31.2 Å². The van der Waals surface area contributed by atoms with Crippen LogP contribution in [0.5, 0.6) is 0 Å². The molecule has 0 amide bonds. The van der Waals surface area contributed by atoms with Gasteiger partial charge >= 0.3 is 27.5 Å². The molecule has 2 rings (SSSR count). The Balaban J connectivity index is 2.34. The molecule has 0 saturated heterocycles. The van der Waals surface area contributed by atoms with Gasteiger partial charge in [-0.1, -0.05) is 6.92 Å². The molecule has 0 bridgehead atoms. The molecule has 7 nitrogen and oxygen atoms in total. The summed E-state index contributed by atoms with van der Waals surface area (Å²) >= 11 is 12.2. The summed E-state index contributed by atoms with van der Waals surface area (Å²) in [6, 6.07) is 6.92. The highest BCUT2D eigenvalue weighted by Crippen LogP contribution is 2.30. The Morgan fingerprint density at radius 2 is 1.21 bits per heavy atom. The van der Waals surface area contributed by atoms with E-state index in [1.807, 2.05) is 102 Å². The number of rotatable bonds is 10. The van der Waals surface area contributed by atoms with E-state index in [2.05, 4.69) is 45.2 Å². The second kappa shape index (κ2) is 14.8. The molecule has 2 aromatic carbocycles. The summed E-state index contributed by atoms with van der Waals surface area (Å²) in [5.41, 5.74) is -6.52. The van der Waals surface area contributed by atoms with E-state index < -0.39 is 52.6 Å². The Labute approximate surface area is 299 Å². The molecule has 0 aromatic heterocycles. The van der Waals surface area contributed by atoms with Crippen molar-refractivity contribution in [3.8, 4) is 0 Å². The number of hydrogen-bond acceptors (Lipinski definition) is 6. The van der Waals surface area contributed by atoms with Crippen LogP contribution in [-0.4, -0.2) is 45.6 Å². The van der Waals surface area contributed by atoms with Gasteiger partial charge in [-0.15, -0.1) is 0 Å². The van der Waals surface area contributed by atoms with Crippen molar-refractivity contribution >= 4 is 158 Å². The number of carbonyl (C=O) groups is 2. The Morgan fingerprint density at radius 3 is 1.55 bits per heavy atom. The first-order chi connectivity index (χ1) is 17.4. The number of sulfonamides is 1. The predicted molar refractivity (Wildman–Crippen MR) is 185 cm³/mol. The summed E-state index contributed by atoms with van der Waals surface area (Å²) in [5.74, 6) is -1.48. The van der Waals surface area contributed by atoms with Gasteiger partial charge in [-0.2, -0.15) is 13.2 Å². The van der Waals surface area contributed by atoms with Gasteiger partial charge in [-0.25, -0.2) is 22.7 Å². The molecular weight excluding hydrogens is 1210 g/mol. The zero-order valence-corrected chi connectivity index (χ0v) is 32.7. The van der Waals surface area contributed by atoms with Gasteiger partial charge in [0, 0.05) is 28.0 Å². The fourth-order valence-corrected chi connectivity index (χ4v) is 8.22. The van der Waals surface area contributed by atoms with Gasteiger partial charge in [-0.3, -0.25) is 0 Å². The molecule has 38 heavy (non-hydrogen) atoms. The minimum absolute atomic E-state index is 0.0236. The molecule has 0 radical (unpaired) electrons. The number of nitrogens with one attached hydrogen (secondary N) is 1. The van der Waals surface area contributed by atoms with E-state index >= 15 is 0 Å². The molecule has 1 N–H and O–H groups in total. The summed E-state index contributed by atoms with van der Waals surface area (Å²) in [6.45, 7) is -0.224. The van der Waals surface area contributed by atoms with E-state index in [1.165, 1.54) is 4.72 Å². The van der Waals surface area contributed by atoms with Crippen LogP contribution in [0.1, 0.15) is 34.1 Å². The lowest BCUT2D eigenvalue weighted by Crippen LogP contribution is -2.47. The largest absolute Gasteiger partial charge is 0.511 e. The lowest BCUT2D eigenvalue weighted by Gasteiger charge is -2.32. The average molecular weight is 1230 g/mol. The zero-order chi connectivity index (χ0) is 29.1. The molecule has 0 aliphatic carbocycles. The maximum atomic E-state index is 13.0. The van der Waals surface area contributed by atoms with E-state index in [0.29, 0.717) is 7.14 Å². The average Bonchev–Trinajstić information content (AvgIpc) is 2.82. The monoisotopic (exact) mass is 1230 g/mol. The van der Waals surface area contributed by atoms with Crippen LogP contribution < -0.4 is 4.72 Å². The molecule has 210 valence electrons. The molecule has 0 atom stereocenters. The number of carbonyl (C=O) groups excluding carboxylic acids is 2. The zero-order valence-electron chi connectivity index (χ0n) is 18.9. The summed E-state index contributed by atoms with van der Waals surface area (Å²) < 4.78 is 79.3. The first-order valence-corrected chi connectivity index (χ1v) is 18.1. The molecule has 0 fully saturated rings. The Hall–Kier alpha value is 1.46. The van der Waals surface area contributed by atoms with Crippen molar-refractivity contribution in [1.82, 2.24) is 4.72 Å². The van der Waals surface area contributed by atoms with Crippen molar-refractivity contribution in [1.29, 1.82) is 0 Å². The number of esters is 2. The first kappa shape index (κ1) is 35.7. The van der Waals surface area contributed by atoms with Gasteiger partial charge in [0.05, 0.1) is 16.5 Å². The van der Waals surface area contributed by atoms with Gasteiger partial charge in [-0.05, 0) is 166 Å². The van der Waals surface area contributed by atoms with Crippen LogP contribution in [0.3, 0.4) is 0 Å². The number of benzene rings is 2. The van der Waals surface area contributed by atoms with Crippen LogP contribution in [0, 0.1) is 26.8 Å². The minimum atomic E-state index is -5.70. The molecule has 0 aliphatic heterocycles. The van der Waals surface area contributed by atoms with E-state index in [4.69, 9.17) is 9.47 Å². The molecule has 2 aromatic rings. The van der Waals surface area contributed by atoms with Crippen LogP contribution in [0.25, 0.3) is 0 Å². The summed E-state index contributed by atoms with van der Waals surface area (Å²) in [7, 11) is -5.70. The van der Waals surface area contributed by atoms with Crippen LogP contribution in [-0.2, 0) is 19.5 Å². The highest BCUT2D eigenvalue weighted by atomic mass is 127. The SMILES string of the molecule is CCC(CNS(=O)(=O)C(F)(F)F)(COC(=O)c1cc(I)cc(I)c1I)COC(=O)c1cc(I)cc(I)c1I. The van der Waals surface area contributed by atoms with Crippen molar-refractivity contribution in [2.24, 2.45) is 5.41 Å². The van der Waals surface area contributed by atoms with Gasteiger partial charge in [0.1, 0.15) is 13.2 Å². The van der Waals surface area contributed by atoms with Crippen LogP contribution in [0.4, 0.5) is 13.2 Å². The second-order valence-corrected chi connectivity index (χ2v) is 16.5. The molecule has 0 saturated carbocycles. The molecular formula is C21H16F3I6NO6S. The van der Waals surface area contributed by atoms with Crippen molar-refractivity contribution < 1.29 is 40.7 Å². The number of ether oxygens (including phenoxy) is 2. The minimum Gasteiger partial charge on any atom is -0.461 e. The molecule has 0 aliphatic rings. The van der Waals surface area contributed by atoms with E-state index in [-0.39, 0.29) is 17.5 Å². The molecule has 0 unspecified atom stereocenters. The fourth-order valence-electron chi connectivity index (χ4n) is 2.80. The second-order valence-electron chi connectivity index (χ2n) is 7.77. The number of halogens is 9. The maximum absolute atomic E-state index is 13.0. The van der Waals surface area contributed by atoms with E-state index in [0.717, 1.165) is 14.3 Å². The van der Waals surface area contributed by atoms with Gasteiger partial charge in [0.15, 0.2) is 0 Å². The highest BCUT2D eigenvalue weighted by Gasteiger charge is 2.47. The summed E-state index contributed by atoms with van der Waals surface area (Å²) in [6.07, 6.45) is 0.0236. The third-order valence-corrected chi connectivity index (χ3v) is 13.6. The van der Waals surface area contributed by atoms with Gasteiger partial charge in [0.2, 0.25) is 0 Å². The smallest absolute Gasteiger partial charge is 0.461 e. The topological polar surface area (TPSA) is 98.8 Å². The van der Waals surface area contributed by atoms with Gasteiger partial charge < -0.3 is 9.47 Å². The Bertz CT molecular complexity index is 1270. The first-order valence-electron chi connectivity index (χ1n) is 10.1. The third kappa shape index (κ3) is 9.48. The van der Waals surface area contributed by atoms with Crippen LogP contribution in [0.2, 0.25) is 0 Å². The fraction of sp³-hybridized carbons (Fsp3) is 0.333. The normalized spacial score (nSPS) is 12.4. The van der Waals surface area contributed by atoms with E-state index in [1.54, 1.807) is 19.1 Å². The Kier molecular flexibility index (Phi) is 13.9. The molecule has 17 heteroatoms. The van der Waals surface area contributed by atoms with Crippen LogP contribution in [0.15, 0.2) is 24.3 Å².